The number of hydrogen-bond donors (Lipinski definition) is 3. The number of nitrogens with two attached hydrogens (primary N) is 1. The predicted molar refractivity (Wildman–Crippen MR) is 83.2 cm³/mol. The highest BCUT2D eigenvalue weighted by atomic mass is 32.2. The van der Waals surface area contributed by atoms with Gasteiger partial charge in [-0.15, -0.1) is 0 Å². The van der Waals surface area contributed by atoms with E-state index in [4.69, 9.17) is 5.73 Å². The lowest BCUT2D eigenvalue weighted by Gasteiger charge is -2.13. The van der Waals surface area contributed by atoms with E-state index in [-0.39, 0.29) is 0 Å². The average molecular weight is 299 g/mol. The van der Waals surface area contributed by atoms with Crippen LogP contribution in [0.1, 0.15) is 26.7 Å². The van der Waals surface area contributed by atoms with Gasteiger partial charge < -0.3 is 11.1 Å². The van der Waals surface area contributed by atoms with E-state index >= 15 is 0 Å². The summed E-state index contributed by atoms with van der Waals surface area (Å²) in [6.45, 7) is 6.03. The van der Waals surface area contributed by atoms with Crippen LogP contribution in [-0.2, 0) is 10.0 Å². The van der Waals surface area contributed by atoms with Gasteiger partial charge in [-0.1, -0.05) is 13.8 Å². The molecule has 20 heavy (non-hydrogen) atoms. The molecule has 0 aliphatic carbocycles. The van der Waals surface area contributed by atoms with Crippen LogP contribution in [0.25, 0.3) is 0 Å². The Bertz CT molecular complexity index is 486. The van der Waals surface area contributed by atoms with Crippen molar-refractivity contribution in [3.05, 3.63) is 24.3 Å². The van der Waals surface area contributed by atoms with Gasteiger partial charge in [0.15, 0.2) is 0 Å². The molecule has 1 aromatic rings. The second-order valence-electron chi connectivity index (χ2n) is 4.99. The van der Waals surface area contributed by atoms with Crippen LogP contribution >= 0.6 is 0 Å². The molecule has 114 valence electrons. The third-order valence-electron chi connectivity index (χ3n) is 3.02. The maximum absolute atomic E-state index is 11.9. The smallest absolute Gasteiger partial charge is 0.240 e. The Labute approximate surface area is 122 Å². The number of sulfonamides is 1. The van der Waals surface area contributed by atoms with Crippen LogP contribution in [0.3, 0.4) is 0 Å². The third-order valence-corrected chi connectivity index (χ3v) is 4.50. The lowest BCUT2D eigenvalue weighted by molar-refractivity contribution is 0.568. The van der Waals surface area contributed by atoms with Crippen molar-refractivity contribution in [1.29, 1.82) is 0 Å². The first-order valence-corrected chi connectivity index (χ1v) is 8.51. The van der Waals surface area contributed by atoms with Crippen molar-refractivity contribution in [2.24, 2.45) is 11.7 Å². The van der Waals surface area contributed by atoms with Crippen LogP contribution in [0.5, 0.6) is 0 Å². The van der Waals surface area contributed by atoms with Crippen LogP contribution in [0.15, 0.2) is 29.2 Å². The van der Waals surface area contributed by atoms with Crippen LogP contribution in [0.2, 0.25) is 0 Å². The van der Waals surface area contributed by atoms with Gasteiger partial charge in [0.05, 0.1) is 4.90 Å². The van der Waals surface area contributed by atoms with Crippen molar-refractivity contribution in [2.75, 3.05) is 25.0 Å². The van der Waals surface area contributed by atoms with Gasteiger partial charge in [-0.2, -0.15) is 0 Å². The van der Waals surface area contributed by atoms with E-state index < -0.39 is 10.0 Å². The molecule has 0 heterocycles. The van der Waals surface area contributed by atoms with Crippen LogP contribution in [0, 0.1) is 5.92 Å². The van der Waals surface area contributed by atoms with Crippen molar-refractivity contribution >= 4 is 15.7 Å². The van der Waals surface area contributed by atoms with Gasteiger partial charge in [-0.05, 0) is 49.6 Å². The Kier molecular flexibility index (Phi) is 6.98. The maximum atomic E-state index is 11.9. The molecule has 0 fully saturated rings. The predicted octanol–water partition coefficient (Wildman–Crippen LogP) is 1.77. The van der Waals surface area contributed by atoms with Crippen molar-refractivity contribution in [1.82, 2.24) is 4.72 Å². The quantitative estimate of drug-likeness (QED) is 0.649. The first kappa shape index (κ1) is 16.9. The summed E-state index contributed by atoms with van der Waals surface area (Å²) in [4.78, 5) is 0.298. The van der Waals surface area contributed by atoms with Crippen molar-refractivity contribution in [3.8, 4) is 0 Å². The SMILES string of the molecule is CCCNS(=O)(=O)c1ccc(NCC(C)CCN)cc1. The molecule has 0 radical (unpaired) electrons. The minimum Gasteiger partial charge on any atom is -0.385 e. The van der Waals surface area contributed by atoms with E-state index in [1.807, 2.05) is 6.92 Å². The first-order valence-electron chi connectivity index (χ1n) is 7.03. The van der Waals surface area contributed by atoms with E-state index in [2.05, 4.69) is 17.0 Å². The van der Waals surface area contributed by atoms with E-state index in [1.165, 1.54) is 0 Å². The highest BCUT2D eigenvalue weighted by Gasteiger charge is 2.12. The van der Waals surface area contributed by atoms with Gasteiger partial charge >= 0.3 is 0 Å². The molecule has 4 N–H and O–H groups in total. The monoisotopic (exact) mass is 299 g/mol. The number of rotatable bonds is 9. The Morgan fingerprint density at radius 1 is 1.25 bits per heavy atom. The zero-order valence-electron chi connectivity index (χ0n) is 12.2. The summed E-state index contributed by atoms with van der Waals surface area (Å²) in [5.41, 5.74) is 6.42. The first-order chi connectivity index (χ1) is 9.49. The summed E-state index contributed by atoms with van der Waals surface area (Å²) < 4.78 is 26.4. The number of anilines is 1. The van der Waals surface area contributed by atoms with E-state index in [0.29, 0.717) is 23.9 Å². The second kappa shape index (κ2) is 8.24. The minimum absolute atomic E-state index is 0.298. The molecule has 0 spiro atoms. The maximum Gasteiger partial charge on any atom is 0.240 e. The molecule has 0 saturated carbocycles. The van der Waals surface area contributed by atoms with E-state index in [0.717, 1.165) is 25.1 Å². The second-order valence-corrected chi connectivity index (χ2v) is 6.75. The molecule has 0 aromatic heterocycles. The highest BCUT2D eigenvalue weighted by molar-refractivity contribution is 7.89. The van der Waals surface area contributed by atoms with Gasteiger partial charge in [0, 0.05) is 18.8 Å². The third kappa shape index (κ3) is 5.48. The summed E-state index contributed by atoms with van der Waals surface area (Å²) in [5, 5.41) is 3.28. The standard InChI is InChI=1S/C14H25N3O2S/c1-3-10-17-20(18,19)14-6-4-13(5-7-14)16-11-12(2)8-9-15/h4-7,12,16-17H,3,8-11,15H2,1-2H3. The lowest BCUT2D eigenvalue weighted by atomic mass is 10.1. The Morgan fingerprint density at radius 3 is 2.45 bits per heavy atom. The van der Waals surface area contributed by atoms with Gasteiger partial charge in [-0.3, -0.25) is 0 Å². The summed E-state index contributed by atoms with van der Waals surface area (Å²) >= 11 is 0. The number of benzene rings is 1. The summed E-state index contributed by atoms with van der Waals surface area (Å²) in [5.74, 6) is 0.495. The fraction of sp³-hybridized carbons (Fsp3) is 0.571. The normalized spacial score (nSPS) is 13.2. The minimum atomic E-state index is -3.37. The van der Waals surface area contributed by atoms with Crippen molar-refractivity contribution in [3.63, 3.8) is 0 Å². The van der Waals surface area contributed by atoms with Crippen molar-refractivity contribution in [2.45, 2.75) is 31.6 Å². The summed E-state index contributed by atoms with van der Waals surface area (Å²) in [6, 6.07) is 6.81. The zero-order valence-corrected chi connectivity index (χ0v) is 13.0. The molecule has 0 amide bonds. The molecule has 1 aromatic carbocycles. The molecule has 5 nitrogen and oxygen atoms in total. The van der Waals surface area contributed by atoms with Gasteiger partial charge in [-0.25, -0.2) is 13.1 Å². The molecule has 1 atom stereocenters. The number of nitrogens with one attached hydrogen (secondary N) is 2. The fourth-order valence-corrected chi connectivity index (χ4v) is 2.88. The molecule has 0 aliphatic heterocycles. The zero-order chi connectivity index (χ0) is 15.0. The Morgan fingerprint density at radius 2 is 1.90 bits per heavy atom. The van der Waals surface area contributed by atoms with E-state index in [1.54, 1.807) is 24.3 Å². The lowest BCUT2D eigenvalue weighted by Crippen LogP contribution is -2.24. The van der Waals surface area contributed by atoms with Gasteiger partial charge in [0.25, 0.3) is 0 Å². The Balaban J connectivity index is 2.60. The summed E-state index contributed by atoms with van der Waals surface area (Å²) in [6.07, 6.45) is 1.75. The van der Waals surface area contributed by atoms with Crippen LogP contribution < -0.4 is 15.8 Å². The highest BCUT2D eigenvalue weighted by Crippen LogP contribution is 2.14. The molecule has 1 rings (SSSR count). The molecule has 6 heteroatoms. The van der Waals surface area contributed by atoms with Gasteiger partial charge in [0.2, 0.25) is 10.0 Å². The van der Waals surface area contributed by atoms with Crippen LogP contribution in [0.4, 0.5) is 5.69 Å². The molecular weight excluding hydrogens is 274 g/mol. The van der Waals surface area contributed by atoms with E-state index in [9.17, 15) is 8.42 Å². The average Bonchev–Trinajstić information content (AvgIpc) is 2.44. The fourth-order valence-electron chi connectivity index (χ4n) is 1.75. The molecule has 1 unspecified atom stereocenters. The van der Waals surface area contributed by atoms with Crippen LogP contribution in [-0.4, -0.2) is 28.1 Å². The summed E-state index contributed by atoms with van der Waals surface area (Å²) in [7, 11) is -3.37. The van der Waals surface area contributed by atoms with Crippen molar-refractivity contribution < 1.29 is 8.42 Å². The molecule has 0 aliphatic rings. The number of hydrogen-bond acceptors (Lipinski definition) is 4. The van der Waals surface area contributed by atoms with Gasteiger partial charge in [0.1, 0.15) is 0 Å². The molecular formula is C14H25N3O2S. The topological polar surface area (TPSA) is 84.2 Å². The molecule has 0 saturated heterocycles. The largest absolute Gasteiger partial charge is 0.385 e. The Hall–Kier alpha value is -1.11. The molecule has 0 bridgehead atoms.